The summed E-state index contributed by atoms with van der Waals surface area (Å²) in [6.45, 7) is 8.81. The second kappa shape index (κ2) is 8.47. The molecule has 0 atom stereocenters. The number of rotatable bonds is 5. The first-order valence-corrected chi connectivity index (χ1v) is 11.3. The van der Waals surface area contributed by atoms with Gasteiger partial charge in [0.05, 0.1) is 32.6 Å². The summed E-state index contributed by atoms with van der Waals surface area (Å²) in [6, 6.07) is 7.83. The molecule has 0 N–H and O–H groups in total. The Balaban J connectivity index is 1.65. The number of hydrogen-bond acceptors (Lipinski definition) is 6. The molecule has 0 unspecified atom stereocenters. The number of nitrogens with zero attached hydrogens (tertiary/aromatic N) is 3. The van der Waals surface area contributed by atoms with E-state index in [0.717, 1.165) is 53.8 Å². The van der Waals surface area contributed by atoms with Gasteiger partial charge in [-0.25, -0.2) is 4.98 Å². The van der Waals surface area contributed by atoms with Crippen LogP contribution in [0.4, 0.5) is 5.13 Å². The van der Waals surface area contributed by atoms with Crippen LogP contribution in [0.1, 0.15) is 20.8 Å². The van der Waals surface area contributed by atoms with Crippen molar-refractivity contribution in [2.24, 2.45) is 0 Å². The van der Waals surface area contributed by atoms with Crippen molar-refractivity contribution in [3.05, 3.63) is 44.6 Å². The number of anilines is 1. The number of carbonyl (C=O) groups excluding carboxylic acids is 1. The van der Waals surface area contributed by atoms with Crippen molar-refractivity contribution >= 4 is 55.5 Å². The van der Waals surface area contributed by atoms with Gasteiger partial charge in [0.1, 0.15) is 0 Å². The van der Waals surface area contributed by atoms with Crippen LogP contribution in [-0.2, 0) is 4.74 Å². The van der Waals surface area contributed by atoms with Gasteiger partial charge in [-0.3, -0.25) is 14.6 Å². The fourth-order valence-corrected chi connectivity index (χ4v) is 5.55. The van der Waals surface area contributed by atoms with E-state index < -0.39 is 0 Å². The summed E-state index contributed by atoms with van der Waals surface area (Å²) in [5, 5.41) is 0.742. The number of fused-ring (bicyclic) bond motifs is 1. The van der Waals surface area contributed by atoms with Crippen molar-refractivity contribution in [1.82, 2.24) is 9.88 Å². The number of thiazole rings is 1. The van der Waals surface area contributed by atoms with Crippen LogP contribution in [0.3, 0.4) is 0 Å². The monoisotopic (exact) mass is 435 g/mol. The lowest BCUT2D eigenvalue weighted by Crippen LogP contribution is -2.43. The Bertz CT molecular complexity index is 995. The average Bonchev–Trinajstić information content (AvgIpc) is 3.29. The van der Waals surface area contributed by atoms with Gasteiger partial charge in [0.15, 0.2) is 5.13 Å². The summed E-state index contributed by atoms with van der Waals surface area (Å²) in [5.41, 5.74) is 3.31. The summed E-state index contributed by atoms with van der Waals surface area (Å²) in [6.07, 6.45) is 0. The van der Waals surface area contributed by atoms with E-state index in [4.69, 9.17) is 21.3 Å². The van der Waals surface area contributed by atoms with E-state index in [9.17, 15) is 4.79 Å². The molecule has 1 aliphatic heterocycles. The zero-order valence-electron chi connectivity index (χ0n) is 15.9. The number of aryl methyl sites for hydroxylation is 2. The topological polar surface area (TPSA) is 45.7 Å². The summed E-state index contributed by atoms with van der Waals surface area (Å²) in [4.78, 5) is 22.9. The Morgan fingerprint density at radius 3 is 2.75 bits per heavy atom. The quantitative estimate of drug-likeness (QED) is 0.587. The molecule has 28 heavy (non-hydrogen) atoms. The largest absolute Gasteiger partial charge is 0.379 e. The molecule has 1 saturated heterocycles. The van der Waals surface area contributed by atoms with E-state index in [1.807, 2.05) is 0 Å². The molecule has 5 nitrogen and oxygen atoms in total. The number of carbonyl (C=O) groups is 1. The number of halogens is 1. The molecule has 8 heteroatoms. The smallest absolute Gasteiger partial charge is 0.270 e. The summed E-state index contributed by atoms with van der Waals surface area (Å²) < 4.78 is 7.16. The van der Waals surface area contributed by atoms with Crippen LogP contribution in [0, 0.1) is 13.8 Å². The number of morpholine rings is 1. The Hall–Kier alpha value is -1.51. The predicted molar refractivity (Wildman–Crippen MR) is 117 cm³/mol. The van der Waals surface area contributed by atoms with Crippen LogP contribution >= 0.6 is 34.3 Å². The second-order valence-electron chi connectivity index (χ2n) is 6.94. The predicted octanol–water partition coefficient (Wildman–Crippen LogP) is 4.61. The number of ether oxygens (including phenoxy) is 1. The van der Waals surface area contributed by atoms with E-state index >= 15 is 0 Å². The summed E-state index contributed by atoms with van der Waals surface area (Å²) >= 11 is 8.95. The van der Waals surface area contributed by atoms with Crippen LogP contribution in [0.5, 0.6) is 0 Å². The second-order valence-corrected chi connectivity index (χ2v) is 9.66. The van der Waals surface area contributed by atoms with Crippen molar-refractivity contribution < 1.29 is 9.53 Å². The van der Waals surface area contributed by atoms with Gasteiger partial charge in [-0.05, 0) is 43.2 Å². The number of aromatic nitrogens is 1. The molecule has 4 rings (SSSR count). The molecule has 2 aromatic heterocycles. The van der Waals surface area contributed by atoms with Gasteiger partial charge < -0.3 is 4.74 Å². The Labute approximate surface area is 177 Å². The lowest BCUT2D eigenvalue weighted by atomic mass is 10.1. The van der Waals surface area contributed by atoms with E-state index in [2.05, 4.69) is 30.9 Å². The van der Waals surface area contributed by atoms with Gasteiger partial charge in [0.25, 0.3) is 5.91 Å². The molecule has 1 fully saturated rings. The minimum absolute atomic E-state index is 0.0430. The highest BCUT2D eigenvalue weighted by molar-refractivity contribution is 7.22. The number of amides is 1. The third kappa shape index (κ3) is 4.23. The maximum absolute atomic E-state index is 13.3. The van der Waals surface area contributed by atoms with Gasteiger partial charge in [0, 0.05) is 26.2 Å². The van der Waals surface area contributed by atoms with E-state index in [0.29, 0.717) is 15.8 Å². The first-order chi connectivity index (χ1) is 13.5. The first-order valence-electron chi connectivity index (χ1n) is 9.26. The molecule has 0 spiro atoms. The lowest BCUT2D eigenvalue weighted by Gasteiger charge is -2.29. The standard InChI is InChI=1S/C20H22ClN3O2S2/c1-13-11-14(2)18-16(12-13)28-20(22-18)24(6-5-23-7-9-26-10-8-23)19(25)15-3-4-17(21)27-15/h3-4,11-12H,5-10H2,1-2H3. The highest BCUT2D eigenvalue weighted by Gasteiger charge is 2.24. The van der Waals surface area contributed by atoms with Gasteiger partial charge in [0.2, 0.25) is 0 Å². The van der Waals surface area contributed by atoms with Gasteiger partial charge >= 0.3 is 0 Å². The molecule has 0 bridgehead atoms. The fraction of sp³-hybridized carbons (Fsp3) is 0.400. The first kappa shape index (κ1) is 19.8. The van der Waals surface area contributed by atoms with E-state index in [1.54, 1.807) is 28.4 Å². The number of hydrogen-bond donors (Lipinski definition) is 0. The van der Waals surface area contributed by atoms with Crippen LogP contribution in [-0.4, -0.2) is 55.2 Å². The molecule has 3 aromatic rings. The van der Waals surface area contributed by atoms with Crippen LogP contribution in [0.25, 0.3) is 10.2 Å². The van der Waals surface area contributed by atoms with Gasteiger partial charge in [-0.15, -0.1) is 11.3 Å². The van der Waals surface area contributed by atoms with Crippen molar-refractivity contribution in [2.45, 2.75) is 13.8 Å². The molecule has 1 aliphatic rings. The molecule has 3 heterocycles. The Morgan fingerprint density at radius 2 is 2.04 bits per heavy atom. The van der Waals surface area contributed by atoms with Crippen LogP contribution < -0.4 is 4.90 Å². The molecule has 0 saturated carbocycles. The molecule has 1 aromatic carbocycles. The van der Waals surface area contributed by atoms with Gasteiger partial charge in [-0.1, -0.05) is 29.0 Å². The minimum Gasteiger partial charge on any atom is -0.379 e. The van der Waals surface area contributed by atoms with Crippen molar-refractivity contribution in [3.63, 3.8) is 0 Å². The zero-order chi connectivity index (χ0) is 19.7. The SMILES string of the molecule is Cc1cc(C)c2nc(N(CCN3CCOCC3)C(=O)c3ccc(Cl)s3)sc2c1. The normalized spacial score (nSPS) is 15.2. The van der Waals surface area contributed by atoms with Crippen molar-refractivity contribution in [2.75, 3.05) is 44.3 Å². The number of benzene rings is 1. The fourth-order valence-electron chi connectivity index (χ4n) is 3.39. The maximum Gasteiger partial charge on any atom is 0.270 e. The molecular weight excluding hydrogens is 414 g/mol. The lowest BCUT2D eigenvalue weighted by molar-refractivity contribution is 0.0391. The zero-order valence-corrected chi connectivity index (χ0v) is 18.3. The van der Waals surface area contributed by atoms with E-state index in [1.165, 1.54) is 16.9 Å². The third-order valence-corrected chi connectivity index (χ3v) is 7.07. The van der Waals surface area contributed by atoms with Crippen molar-refractivity contribution in [1.29, 1.82) is 0 Å². The highest BCUT2D eigenvalue weighted by Crippen LogP contribution is 2.33. The van der Waals surface area contributed by atoms with Crippen LogP contribution in [0.15, 0.2) is 24.3 Å². The Morgan fingerprint density at radius 1 is 1.25 bits per heavy atom. The Kier molecular flexibility index (Phi) is 5.99. The van der Waals surface area contributed by atoms with Gasteiger partial charge in [-0.2, -0.15) is 0 Å². The molecular formula is C20H22ClN3O2S2. The third-order valence-electron chi connectivity index (χ3n) is 4.82. The van der Waals surface area contributed by atoms with E-state index in [-0.39, 0.29) is 5.91 Å². The van der Waals surface area contributed by atoms with Crippen molar-refractivity contribution in [3.8, 4) is 0 Å². The highest BCUT2D eigenvalue weighted by atomic mass is 35.5. The summed E-state index contributed by atoms with van der Waals surface area (Å²) in [7, 11) is 0. The molecule has 148 valence electrons. The molecule has 1 amide bonds. The summed E-state index contributed by atoms with van der Waals surface area (Å²) in [5.74, 6) is -0.0430. The maximum atomic E-state index is 13.3. The van der Waals surface area contributed by atoms with Crippen LogP contribution in [0.2, 0.25) is 4.34 Å². The molecule has 0 aliphatic carbocycles. The average molecular weight is 436 g/mol. The minimum atomic E-state index is -0.0430. The number of thiophene rings is 1. The molecule has 0 radical (unpaired) electrons.